The predicted octanol–water partition coefficient (Wildman–Crippen LogP) is 3.37. The summed E-state index contributed by atoms with van der Waals surface area (Å²) in [7, 11) is -0.971. The van der Waals surface area contributed by atoms with Crippen LogP contribution in [0, 0.1) is 0 Å². The second-order valence-corrected chi connectivity index (χ2v) is 10.2. The van der Waals surface area contributed by atoms with Gasteiger partial charge in [-0.05, 0) is 25.6 Å². The van der Waals surface area contributed by atoms with Crippen molar-refractivity contribution in [2.75, 3.05) is 19.6 Å². The fourth-order valence-corrected chi connectivity index (χ4v) is 6.23. The van der Waals surface area contributed by atoms with Gasteiger partial charge in [-0.1, -0.05) is 31.5 Å². The molecule has 0 aliphatic carbocycles. The number of hydrogen-bond acceptors (Lipinski definition) is 1. The van der Waals surface area contributed by atoms with Crippen LogP contribution in [-0.4, -0.2) is 32.6 Å². The third-order valence-corrected chi connectivity index (χ3v) is 9.31. The van der Waals surface area contributed by atoms with E-state index in [2.05, 4.69) is 32.3 Å². The third kappa shape index (κ3) is 3.58. The highest BCUT2D eigenvalue weighted by molar-refractivity contribution is 6.80. The van der Waals surface area contributed by atoms with Crippen LogP contribution in [0.25, 0.3) is 0 Å². The monoisotopic (exact) mass is 211 g/mol. The summed E-state index contributed by atoms with van der Waals surface area (Å²) in [5, 5.41) is 0. The van der Waals surface area contributed by atoms with Gasteiger partial charge in [0.05, 0.1) is 8.07 Å². The first kappa shape index (κ1) is 12.0. The number of nitrogens with zero attached hydrogens (tertiary/aromatic N) is 1. The lowest BCUT2D eigenvalue weighted by atomic mass is 10.4. The van der Waals surface area contributed by atoms with Crippen molar-refractivity contribution in [2.24, 2.45) is 0 Å². The Hall–Kier alpha value is -0.0831. The molecular weight excluding hydrogens is 186 g/mol. The van der Waals surface area contributed by atoms with Crippen LogP contribution in [0.2, 0.25) is 24.2 Å². The van der Waals surface area contributed by atoms with Crippen LogP contribution in [0.1, 0.15) is 20.8 Å². The van der Waals surface area contributed by atoms with Crippen LogP contribution in [-0.2, 0) is 0 Å². The molecule has 0 aromatic rings. The van der Waals surface area contributed by atoms with Gasteiger partial charge in [-0.15, -0.1) is 6.58 Å². The van der Waals surface area contributed by atoms with Gasteiger partial charge in [-0.2, -0.15) is 0 Å². The topological polar surface area (TPSA) is 3.01 Å². The minimum absolute atomic E-state index is 0.971. The molecule has 1 rings (SSSR count). The molecule has 1 saturated heterocycles. The van der Waals surface area contributed by atoms with Crippen molar-refractivity contribution in [1.29, 1.82) is 0 Å². The largest absolute Gasteiger partial charge is 0.301 e. The molecule has 0 aromatic carbocycles. The number of hydrogen-bond donors (Lipinski definition) is 0. The molecule has 0 radical (unpaired) electrons. The normalized spacial score (nSPS) is 17.1. The lowest BCUT2D eigenvalue weighted by Crippen LogP contribution is -2.34. The lowest BCUT2D eigenvalue weighted by molar-refractivity contribution is 0.587. The Morgan fingerprint density at radius 1 is 1.29 bits per heavy atom. The molecule has 0 unspecified atom stereocenters. The highest BCUT2D eigenvalue weighted by Crippen LogP contribution is 2.29. The molecule has 2 heteroatoms. The van der Waals surface area contributed by atoms with Gasteiger partial charge in [-0.3, -0.25) is 0 Å². The molecule has 1 nitrogen and oxygen atoms in total. The Balaban J connectivity index is 2.43. The average Bonchev–Trinajstić information content (AvgIpc) is 2.95. The molecule has 1 heterocycles. The van der Waals surface area contributed by atoms with Gasteiger partial charge in [0.15, 0.2) is 0 Å². The van der Waals surface area contributed by atoms with Crippen molar-refractivity contribution in [1.82, 2.24) is 4.90 Å². The van der Waals surface area contributed by atoms with E-state index in [1.807, 2.05) is 0 Å². The molecule has 82 valence electrons. The summed E-state index contributed by atoms with van der Waals surface area (Å²) in [5.74, 6) is 0. The van der Waals surface area contributed by atoms with E-state index < -0.39 is 8.07 Å². The van der Waals surface area contributed by atoms with E-state index in [0.717, 1.165) is 0 Å². The zero-order valence-electron chi connectivity index (χ0n) is 10.1. The predicted molar refractivity (Wildman–Crippen MR) is 67.6 cm³/mol. The number of allylic oxidation sites excluding steroid dienone is 1. The van der Waals surface area contributed by atoms with Gasteiger partial charge < -0.3 is 4.90 Å². The van der Waals surface area contributed by atoms with Gasteiger partial charge in [0.25, 0.3) is 0 Å². The van der Waals surface area contributed by atoms with Crippen LogP contribution in [0.3, 0.4) is 0 Å². The lowest BCUT2D eigenvalue weighted by Gasteiger charge is -2.30. The smallest absolute Gasteiger partial charge is 0.0583 e. The average molecular weight is 211 g/mol. The van der Waals surface area contributed by atoms with E-state index in [1.165, 1.54) is 49.4 Å². The fourth-order valence-electron chi connectivity index (χ4n) is 2.27. The summed E-state index contributed by atoms with van der Waals surface area (Å²) >= 11 is 0. The Bertz CT molecular complexity index is 192. The maximum Gasteiger partial charge on any atom is 0.0583 e. The van der Waals surface area contributed by atoms with E-state index in [1.54, 1.807) is 0 Å². The standard InChI is InChI=1S/C12H25NSi/c1-5-14(6-2,11-12(3)4)10-9-13-7-8-13/h3,5-11H2,1-2,4H3. The van der Waals surface area contributed by atoms with Gasteiger partial charge >= 0.3 is 0 Å². The zero-order chi connectivity index (χ0) is 10.6. The van der Waals surface area contributed by atoms with Crippen LogP contribution in [0.15, 0.2) is 12.2 Å². The molecule has 0 saturated carbocycles. The minimum atomic E-state index is -0.971. The zero-order valence-corrected chi connectivity index (χ0v) is 11.1. The summed E-state index contributed by atoms with van der Waals surface area (Å²) < 4.78 is 0. The quantitative estimate of drug-likeness (QED) is 0.354. The Kier molecular flexibility index (Phi) is 4.39. The summed E-state index contributed by atoms with van der Waals surface area (Å²) in [6.45, 7) is 15.1. The molecular formula is C12H25NSi. The summed E-state index contributed by atoms with van der Waals surface area (Å²) in [5.41, 5.74) is 1.41. The van der Waals surface area contributed by atoms with Crippen molar-refractivity contribution in [3.8, 4) is 0 Å². The maximum absolute atomic E-state index is 4.10. The summed E-state index contributed by atoms with van der Waals surface area (Å²) in [6.07, 6.45) is 0. The Morgan fingerprint density at radius 3 is 2.21 bits per heavy atom. The van der Waals surface area contributed by atoms with Crippen molar-refractivity contribution in [3.63, 3.8) is 0 Å². The van der Waals surface area contributed by atoms with Crippen molar-refractivity contribution in [3.05, 3.63) is 12.2 Å². The van der Waals surface area contributed by atoms with Crippen LogP contribution in [0.5, 0.6) is 0 Å². The van der Waals surface area contributed by atoms with E-state index in [9.17, 15) is 0 Å². The molecule has 0 aromatic heterocycles. The highest BCUT2D eigenvalue weighted by atomic mass is 28.3. The van der Waals surface area contributed by atoms with Crippen molar-refractivity contribution < 1.29 is 0 Å². The third-order valence-electron chi connectivity index (χ3n) is 3.67. The Morgan fingerprint density at radius 2 is 1.86 bits per heavy atom. The van der Waals surface area contributed by atoms with Crippen molar-refractivity contribution in [2.45, 2.75) is 44.9 Å². The molecule has 1 fully saturated rings. The van der Waals surface area contributed by atoms with E-state index in [-0.39, 0.29) is 0 Å². The van der Waals surface area contributed by atoms with Crippen molar-refractivity contribution >= 4 is 8.07 Å². The molecule has 0 spiro atoms. The SMILES string of the molecule is C=C(C)C[Si](CC)(CC)CCN1CC1. The molecule has 14 heavy (non-hydrogen) atoms. The van der Waals surface area contributed by atoms with Gasteiger partial charge in [0, 0.05) is 13.1 Å². The first-order valence-corrected chi connectivity index (χ1v) is 8.81. The first-order valence-electron chi connectivity index (χ1n) is 5.98. The molecule has 0 amide bonds. The number of rotatable bonds is 7. The highest BCUT2D eigenvalue weighted by Gasteiger charge is 2.30. The minimum Gasteiger partial charge on any atom is -0.301 e. The fraction of sp³-hybridized carbons (Fsp3) is 0.833. The van der Waals surface area contributed by atoms with Crippen LogP contribution in [0.4, 0.5) is 0 Å². The van der Waals surface area contributed by atoms with Gasteiger partial charge in [-0.25, -0.2) is 0 Å². The van der Waals surface area contributed by atoms with E-state index >= 15 is 0 Å². The van der Waals surface area contributed by atoms with E-state index in [4.69, 9.17) is 0 Å². The second-order valence-electron chi connectivity index (χ2n) is 4.93. The van der Waals surface area contributed by atoms with Crippen LogP contribution >= 0.6 is 0 Å². The molecule has 0 atom stereocenters. The van der Waals surface area contributed by atoms with Gasteiger partial charge in [0.1, 0.15) is 0 Å². The summed E-state index contributed by atoms with van der Waals surface area (Å²) in [4.78, 5) is 2.56. The Labute approximate surface area is 90.2 Å². The van der Waals surface area contributed by atoms with Crippen LogP contribution < -0.4 is 0 Å². The van der Waals surface area contributed by atoms with Gasteiger partial charge in [0.2, 0.25) is 0 Å². The summed E-state index contributed by atoms with van der Waals surface area (Å²) in [6, 6.07) is 5.72. The molecule has 0 bridgehead atoms. The first-order chi connectivity index (χ1) is 6.62. The van der Waals surface area contributed by atoms with E-state index in [0.29, 0.717) is 0 Å². The maximum atomic E-state index is 4.10. The molecule has 1 aliphatic rings. The second kappa shape index (κ2) is 5.13. The molecule has 1 aliphatic heterocycles. The molecule has 0 N–H and O–H groups in total.